The van der Waals surface area contributed by atoms with Gasteiger partial charge < -0.3 is 10.1 Å². The van der Waals surface area contributed by atoms with E-state index in [4.69, 9.17) is 4.74 Å². The Balaban J connectivity index is 1.41. The number of hydrogen-bond donors (Lipinski definition) is 1. The molecule has 3 nitrogen and oxygen atoms in total. The molecule has 0 aliphatic carbocycles. The van der Waals surface area contributed by atoms with E-state index >= 15 is 0 Å². The van der Waals surface area contributed by atoms with Crippen molar-refractivity contribution in [2.45, 2.75) is 18.8 Å². The lowest BCUT2D eigenvalue weighted by Gasteiger charge is -2.15. The zero-order valence-corrected chi connectivity index (χ0v) is 15.7. The zero-order chi connectivity index (χ0) is 18.2. The van der Waals surface area contributed by atoms with Crippen molar-refractivity contribution in [3.8, 4) is 5.75 Å². The molecule has 0 heterocycles. The van der Waals surface area contributed by atoms with Crippen LogP contribution in [0.5, 0.6) is 5.75 Å². The number of carbonyl (C=O) groups excluding carboxylic acids is 1. The largest absolute Gasteiger partial charge is 0.481 e. The molecule has 1 unspecified atom stereocenters. The molecule has 0 aliphatic rings. The summed E-state index contributed by atoms with van der Waals surface area (Å²) in [6, 6.07) is 24.3. The van der Waals surface area contributed by atoms with E-state index in [1.165, 1.54) is 5.56 Å². The third kappa shape index (κ3) is 5.27. The van der Waals surface area contributed by atoms with E-state index in [9.17, 15) is 4.79 Å². The van der Waals surface area contributed by atoms with Crippen molar-refractivity contribution in [3.63, 3.8) is 0 Å². The molecule has 4 heteroatoms. The first-order valence-corrected chi connectivity index (χ1v) is 9.93. The quantitative estimate of drug-likeness (QED) is 0.590. The molecule has 1 N–H and O–H groups in total. The van der Waals surface area contributed by atoms with Crippen LogP contribution in [0.25, 0.3) is 10.8 Å². The lowest BCUT2D eigenvalue weighted by atomic mass is 10.1. The van der Waals surface area contributed by atoms with Crippen molar-refractivity contribution >= 4 is 28.4 Å². The first-order valence-electron chi connectivity index (χ1n) is 8.77. The van der Waals surface area contributed by atoms with Crippen molar-refractivity contribution in [1.82, 2.24) is 5.32 Å². The summed E-state index contributed by atoms with van der Waals surface area (Å²) in [4.78, 5) is 12.2. The van der Waals surface area contributed by atoms with Crippen LogP contribution in [0.1, 0.15) is 12.5 Å². The highest BCUT2D eigenvalue weighted by Crippen LogP contribution is 2.21. The van der Waals surface area contributed by atoms with Crippen molar-refractivity contribution < 1.29 is 9.53 Å². The van der Waals surface area contributed by atoms with Gasteiger partial charge in [0.1, 0.15) is 5.75 Å². The summed E-state index contributed by atoms with van der Waals surface area (Å²) in [6.07, 6.45) is -0.518. The summed E-state index contributed by atoms with van der Waals surface area (Å²) in [5, 5.41) is 5.21. The highest BCUT2D eigenvalue weighted by Gasteiger charge is 2.14. The number of rotatable bonds is 8. The number of fused-ring (bicyclic) bond motifs is 1. The Bertz CT molecular complexity index is 851. The Morgan fingerprint density at radius 1 is 1.00 bits per heavy atom. The van der Waals surface area contributed by atoms with Crippen LogP contribution < -0.4 is 10.1 Å². The van der Waals surface area contributed by atoms with Crippen LogP contribution in [0.15, 0.2) is 72.8 Å². The molecule has 0 aliphatic heterocycles. The topological polar surface area (TPSA) is 38.3 Å². The third-order valence-corrected chi connectivity index (χ3v) is 5.09. The molecule has 0 aromatic heterocycles. The van der Waals surface area contributed by atoms with Gasteiger partial charge in [0.15, 0.2) is 6.10 Å². The smallest absolute Gasteiger partial charge is 0.260 e. The van der Waals surface area contributed by atoms with E-state index in [1.807, 2.05) is 66.4 Å². The maximum atomic E-state index is 12.2. The monoisotopic (exact) mass is 365 g/mol. The lowest BCUT2D eigenvalue weighted by molar-refractivity contribution is -0.127. The minimum atomic E-state index is -0.518. The average Bonchev–Trinajstić information content (AvgIpc) is 2.68. The SMILES string of the molecule is CC(Oc1ccc2ccccc2c1)C(=O)NCCSCc1ccccc1. The maximum absolute atomic E-state index is 12.2. The van der Waals surface area contributed by atoms with Crippen molar-refractivity contribution in [2.75, 3.05) is 12.3 Å². The summed E-state index contributed by atoms with van der Waals surface area (Å²) < 4.78 is 5.79. The standard InChI is InChI=1S/C22H23NO2S/c1-17(25-21-12-11-19-9-5-6-10-20(19)15-21)22(24)23-13-14-26-16-18-7-3-2-4-8-18/h2-12,15,17H,13-14,16H2,1H3,(H,23,24). The molecule has 0 spiro atoms. The highest BCUT2D eigenvalue weighted by atomic mass is 32.2. The molecule has 26 heavy (non-hydrogen) atoms. The zero-order valence-electron chi connectivity index (χ0n) is 14.9. The van der Waals surface area contributed by atoms with Gasteiger partial charge in [-0.3, -0.25) is 4.79 Å². The Morgan fingerprint density at radius 3 is 2.54 bits per heavy atom. The number of benzene rings is 3. The van der Waals surface area contributed by atoms with E-state index in [2.05, 4.69) is 23.5 Å². The maximum Gasteiger partial charge on any atom is 0.260 e. The lowest BCUT2D eigenvalue weighted by Crippen LogP contribution is -2.37. The molecule has 0 bridgehead atoms. The van der Waals surface area contributed by atoms with E-state index < -0.39 is 6.10 Å². The molecule has 134 valence electrons. The van der Waals surface area contributed by atoms with Crippen molar-refractivity contribution in [1.29, 1.82) is 0 Å². The number of carbonyl (C=O) groups is 1. The fourth-order valence-electron chi connectivity index (χ4n) is 2.65. The Hall–Kier alpha value is -2.46. The summed E-state index contributed by atoms with van der Waals surface area (Å²) >= 11 is 1.81. The molecule has 1 amide bonds. The summed E-state index contributed by atoms with van der Waals surface area (Å²) in [6.45, 7) is 2.42. The van der Waals surface area contributed by atoms with Crippen LogP contribution >= 0.6 is 11.8 Å². The van der Waals surface area contributed by atoms with Gasteiger partial charge in [-0.1, -0.05) is 60.7 Å². The summed E-state index contributed by atoms with van der Waals surface area (Å²) in [7, 11) is 0. The van der Waals surface area contributed by atoms with E-state index in [-0.39, 0.29) is 5.91 Å². The number of amides is 1. The highest BCUT2D eigenvalue weighted by molar-refractivity contribution is 7.98. The normalized spacial score (nSPS) is 11.9. The number of nitrogens with one attached hydrogen (secondary N) is 1. The van der Waals surface area contributed by atoms with Crippen LogP contribution in [0, 0.1) is 0 Å². The number of thioether (sulfide) groups is 1. The second kappa shape index (κ2) is 9.30. The molecule has 3 rings (SSSR count). The van der Waals surface area contributed by atoms with Crippen LogP contribution in [0.2, 0.25) is 0 Å². The van der Waals surface area contributed by atoms with Crippen molar-refractivity contribution in [3.05, 3.63) is 78.4 Å². The second-order valence-corrected chi connectivity index (χ2v) is 7.20. The molecule has 0 saturated heterocycles. The van der Waals surface area contributed by atoms with Gasteiger partial charge in [-0.15, -0.1) is 0 Å². The Morgan fingerprint density at radius 2 is 1.73 bits per heavy atom. The first kappa shape index (κ1) is 18.3. The van der Waals surface area contributed by atoms with E-state index in [0.29, 0.717) is 12.3 Å². The number of ether oxygens (including phenoxy) is 1. The average molecular weight is 365 g/mol. The molecule has 0 saturated carbocycles. The molecule has 0 radical (unpaired) electrons. The molecule has 0 fully saturated rings. The van der Waals surface area contributed by atoms with Gasteiger partial charge in [0.2, 0.25) is 0 Å². The van der Waals surface area contributed by atoms with Crippen LogP contribution in [-0.4, -0.2) is 24.3 Å². The van der Waals surface area contributed by atoms with E-state index in [1.54, 1.807) is 6.92 Å². The van der Waals surface area contributed by atoms with Crippen LogP contribution in [0.3, 0.4) is 0 Å². The molecule has 1 atom stereocenters. The van der Waals surface area contributed by atoms with Gasteiger partial charge in [-0.2, -0.15) is 11.8 Å². The molecular weight excluding hydrogens is 342 g/mol. The predicted molar refractivity (Wildman–Crippen MR) is 110 cm³/mol. The molecule has 3 aromatic carbocycles. The second-order valence-electron chi connectivity index (χ2n) is 6.10. The van der Waals surface area contributed by atoms with Gasteiger partial charge in [-0.05, 0) is 35.4 Å². The number of hydrogen-bond acceptors (Lipinski definition) is 3. The summed E-state index contributed by atoms with van der Waals surface area (Å²) in [5.74, 6) is 2.46. The van der Waals surface area contributed by atoms with Gasteiger partial charge in [-0.25, -0.2) is 0 Å². The van der Waals surface area contributed by atoms with Gasteiger partial charge in [0.05, 0.1) is 0 Å². The molecular formula is C22H23NO2S. The fourth-order valence-corrected chi connectivity index (χ4v) is 3.47. The minimum Gasteiger partial charge on any atom is -0.481 e. The predicted octanol–water partition coefficient (Wildman–Crippen LogP) is 4.66. The Kier molecular flexibility index (Phi) is 6.56. The minimum absolute atomic E-state index is 0.0848. The van der Waals surface area contributed by atoms with E-state index in [0.717, 1.165) is 22.3 Å². The first-order chi connectivity index (χ1) is 12.7. The van der Waals surface area contributed by atoms with Gasteiger partial charge >= 0.3 is 0 Å². The summed E-state index contributed by atoms with van der Waals surface area (Å²) in [5.41, 5.74) is 1.30. The fraction of sp³-hybridized carbons (Fsp3) is 0.227. The van der Waals surface area contributed by atoms with Gasteiger partial charge in [0.25, 0.3) is 5.91 Å². The Labute approximate surface area is 158 Å². The molecule has 3 aromatic rings. The van der Waals surface area contributed by atoms with Crippen molar-refractivity contribution in [2.24, 2.45) is 0 Å². The third-order valence-electron chi connectivity index (χ3n) is 4.06. The van der Waals surface area contributed by atoms with Crippen LogP contribution in [0.4, 0.5) is 0 Å². The van der Waals surface area contributed by atoms with Gasteiger partial charge in [0, 0.05) is 18.1 Å². The van der Waals surface area contributed by atoms with Crippen LogP contribution in [-0.2, 0) is 10.5 Å².